The standard InChI is InChI=1S/C23H22N4O6/c1-15-6-9-21(33-15)22(28)24-17-14-16(23(29)30)7-8-18(17)25-10-12-26(13-11-25)19-4-2-3-5-20(19)27(31)32/h2-9,14H,10-13H2,1H3,(H,24,28)(H,29,30). The number of amides is 1. The summed E-state index contributed by atoms with van der Waals surface area (Å²) in [5.41, 5.74) is 1.68. The SMILES string of the molecule is Cc1ccc(C(=O)Nc2cc(C(=O)O)ccc2N2CCN(c3ccccc3[N+](=O)[O-])CC2)o1. The minimum Gasteiger partial charge on any atom is -0.478 e. The number of aryl methyl sites for hydroxylation is 1. The zero-order valence-corrected chi connectivity index (χ0v) is 17.9. The fourth-order valence-corrected chi connectivity index (χ4v) is 3.86. The fraction of sp³-hybridized carbons (Fsp3) is 0.217. The number of carboxylic acid groups (broad SMARTS) is 1. The van der Waals surface area contributed by atoms with E-state index in [0.717, 1.165) is 0 Å². The predicted molar refractivity (Wildman–Crippen MR) is 122 cm³/mol. The molecule has 3 aromatic rings. The second kappa shape index (κ2) is 9.03. The van der Waals surface area contributed by atoms with E-state index in [1.807, 2.05) is 9.80 Å². The Morgan fingerprint density at radius 2 is 1.67 bits per heavy atom. The minimum atomic E-state index is -1.10. The van der Waals surface area contributed by atoms with Crippen LogP contribution in [0.4, 0.5) is 22.7 Å². The molecular weight excluding hydrogens is 428 g/mol. The van der Waals surface area contributed by atoms with Crippen molar-refractivity contribution in [3.63, 3.8) is 0 Å². The number of benzene rings is 2. The molecule has 0 saturated carbocycles. The number of nitro groups is 1. The van der Waals surface area contributed by atoms with Crippen LogP contribution in [0.25, 0.3) is 0 Å². The number of hydrogen-bond donors (Lipinski definition) is 2. The molecule has 170 valence electrons. The number of furan rings is 1. The van der Waals surface area contributed by atoms with Crippen molar-refractivity contribution in [2.24, 2.45) is 0 Å². The Hall–Kier alpha value is -4.34. The van der Waals surface area contributed by atoms with Gasteiger partial charge in [-0.15, -0.1) is 0 Å². The molecule has 1 saturated heterocycles. The quantitative estimate of drug-likeness (QED) is 0.429. The molecule has 0 radical (unpaired) electrons. The number of nitro benzene ring substituents is 1. The number of aromatic carboxylic acids is 1. The maximum atomic E-state index is 12.6. The third-order valence-electron chi connectivity index (χ3n) is 5.50. The summed E-state index contributed by atoms with van der Waals surface area (Å²) in [6.07, 6.45) is 0. The highest BCUT2D eigenvalue weighted by atomic mass is 16.6. The van der Waals surface area contributed by atoms with Crippen molar-refractivity contribution >= 4 is 34.6 Å². The number of piperazine rings is 1. The van der Waals surface area contributed by atoms with Gasteiger partial charge in [-0.1, -0.05) is 12.1 Å². The lowest BCUT2D eigenvalue weighted by Crippen LogP contribution is -2.47. The fourth-order valence-electron chi connectivity index (χ4n) is 3.86. The van der Waals surface area contributed by atoms with E-state index in [-0.39, 0.29) is 17.0 Å². The molecule has 0 spiro atoms. The highest BCUT2D eigenvalue weighted by molar-refractivity contribution is 6.05. The smallest absolute Gasteiger partial charge is 0.335 e. The van der Waals surface area contributed by atoms with E-state index in [1.54, 1.807) is 43.3 Å². The average molecular weight is 450 g/mol. The molecule has 33 heavy (non-hydrogen) atoms. The van der Waals surface area contributed by atoms with Crippen LogP contribution in [0.2, 0.25) is 0 Å². The summed E-state index contributed by atoms with van der Waals surface area (Å²) in [7, 11) is 0. The first kappa shape index (κ1) is 21.9. The Labute approximate surface area is 189 Å². The second-order valence-corrected chi connectivity index (χ2v) is 7.62. The first-order chi connectivity index (χ1) is 15.8. The van der Waals surface area contributed by atoms with Crippen LogP contribution in [0.5, 0.6) is 0 Å². The zero-order valence-electron chi connectivity index (χ0n) is 17.9. The highest BCUT2D eigenvalue weighted by Crippen LogP contribution is 2.32. The van der Waals surface area contributed by atoms with Crippen LogP contribution in [0.1, 0.15) is 26.7 Å². The van der Waals surface area contributed by atoms with Gasteiger partial charge in [0.2, 0.25) is 0 Å². The van der Waals surface area contributed by atoms with Crippen LogP contribution in [-0.4, -0.2) is 48.1 Å². The Balaban J connectivity index is 1.56. The molecule has 2 N–H and O–H groups in total. The van der Waals surface area contributed by atoms with Crippen molar-refractivity contribution in [2.75, 3.05) is 41.3 Å². The van der Waals surface area contributed by atoms with Crippen molar-refractivity contribution in [2.45, 2.75) is 6.92 Å². The van der Waals surface area contributed by atoms with E-state index in [4.69, 9.17) is 4.42 Å². The molecule has 2 heterocycles. The summed E-state index contributed by atoms with van der Waals surface area (Å²) in [5, 5.41) is 23.5. The summed E-state index contributed by atoms with van der Waals surface area (Å²) >= 11 is 0. The Morgan fingerprint density at radius 1 is 1.00 bits per heavy atom. The number of para-hydroxylation sites is 2. The number of hydrogen-bond acceptors (Lipinski definition) is 7. The number of nitrogens with one attached hydrogen (secondary N) is 1. The summed E-state index contributed by atoms with van der Waals surface area (Å²) in [6.45, 7) is 3.83. The summed E-state index contributed by atoms with van der Waals surface area (Å²) < 4.78 is 5.37. The number of carbonyl (C=O) groups excluding carboxylic acids is 1. The number of carboxylic acids is 1. The molecule has 0 aliphatic carbocycles. The lowest BCUT2D eigenvalue weighted by Gasteiger charge is -2.37. The molecule has 1 aliphatic rings. The zero-order chi connectivity index (χ0) is 23.5. The molecule has 2 aromatic carbocycles. The Morgan fingerprint density at radius 3 is 2.27 bits per heavy atom. The lowest BCUT2D eigenvalue weighted by atomic mass is 10.1. The molecular formula is C23H22N4O6. The van der Waals surface area contributed by atoms with Crippen molar-refractivity contribution in [3.8, 4) is 0 Å². The molecule has 1 amide bonds. The maximum absolute atomic E-state index is 12.6. The van der Waals surface area contributed by atoms with Crippen molar-refractivity contribution in [3.05, 3.63) is 81.8 Å². The van der Waals surface area contributed by atoms with Gasteiger partial charge in [0.1, 0.15) is 11.4 Å². The van der Waals surface area contributed by atoms with E-state index >= 15 is 0 Å². The van der Waals surface area contributed by atoms with Crippen molar-refractivity contribution < 1.29 is 24.0 Å². The van der Waals surface area contributed by atoms with Gasteiger partial charge in [0.25, 0.3) is 11.6 Å². The van der Waals surface area contributed by atoms with E-state index < -0.39 is 16.8 Å². The molecule has 1 aliphatic heterocycles. The molecule has 10 heteroatoms. The molecule has 1 aromatic heterocycles. The van der Waals surface area contributed by atoms with E-state index in [9.17, 15) is 24.8 Å². The monoisotopic (exact) mass is 450 g/mol. The van der Waals surface area contributed by atoms with Gasteiger partial charge < -0.3 is 24.6 Å². The van der Waals surface area contributed by atoms with E-state index in [0.29, 0.717) is 49.0 Å². The lowest BCUT2D eigenvalue weighted by molar-refractivity contribution is -0.384. The predicted octanol–water partition coefficient (Wildman–Crippen LogP) is 3.77. The van der Waals surface area contributed by atoms with Crippen LogP contribution >= 0.6 is 0 Å². The number of nitrogens with zero attached hydrogens (tertiary/aromatic N) is 3. The Kier molecular flexibility index (Phi) is 5.99. The van der Waals surface area contributed by atoms with Gasteiger partial charge in [0.15, 0.2) is 5.76 Å². The van der Waals surface area contributed by atoms with Gasteiger partial charge in [-0.05, 0) is 43.3 Å². The van der Waals surface area contributed by atoms with E-state index in [2.05, 4.69) is 5.32 Å². The van der Waals surface area contributed by atoms with Crippen molar-refractivity contribution in [1.82, 2.24) is 0 Å². The molecule has 0 bridgehead atoms. The largest absolute Gasteiger partial charge is 0.478 e. The summed E-state index contributed by atoms with van der Waals surface area (Å²) in [4.78, 5) is 39.1. The van der Waals surface area contributed by atoms with Gasteiger partial charge in [-0.3, -0.25) is 14.9 Å². The van der Waals surface area contributed by atoms with Crippen LogP contribution < -0.4 is 15.1 Å². The number of rotatable bonds is 6. The molecule has 0 unspecified atom stereocenters. The maximum Gasteiger partial charge on any atom is 0.335 e. The first-order valence-corrected chi connectivity index (χ1v) is 10.3. The Bertz CT molecular complexity index is 1210. The molecule has 1 fully saturated rings. The minimum absolute atomic E-state index is 0.0446. The van der Waals surface area contributed by atoms with Gasteiger partial charge in [-0.25, -0.2) is 4.79 Å². The molecule has 4 rings (SSSR count). The van der Waals surface area contributed by atoms with E-state index in [1.165, 1.54) is 18.2 Å². The van der Waals surface area contributed by atoms with Crippen LogP contribution in [-0.2, 0) is 0 Å². The van der Waals surface area contributed by atoms with Gasteiger partial charge >= 0.3 is 5.97 Å². The van der Waals surface area contributed by atoms with Crippen LogP contribution in [0.3, 0.4) is 0 Å². The number of anilines is 3. The van der Waals surface area contributed by atoms with Gasteiger partial charge in [-0.2, -0.15) is 0 Å². The average Bonchev–Trinajstić information content (AvgIpc) is 3.25. The first-order valence-electron chi connectivity index (χ1n) is 10.3. The third kappa shape index (κ3) is 4.64. The van der Waals surface area contributed by atoms with Gasteiger partial charge in [0.05, 0.1) is 21.9 Å². The van der Waals surface area contributed by atoms with Crippen LogP contribution in [0, 0.1) is 17.0 Å². The second-order valence-electron chi connectivity index (χ2n) is 7.62. The molecule has 10 nitrogen and oxygen atoms in total. The third-order valence-corrected chi connectivity index (χ3v) is 5.50. The topological polar surface area (TPSA) is 129 Å². The number of carbonyl (C=O) groups is 2. The molecule has 0 atom stereocenters. The normalized spacial score (nSPS) is 13.6. The van der Waals surface area contributed by atoms with Crippen molar-refractivity contribution in [1.29, 1.82) is 0 Å². The highest BCUT2D eigenvalue weighted by Gasteiger charge is 2.25. The van der Waals surface area contributed by atoms with Gasteiger partial charge in [0, 0.05) is 32.2 Å². The summed E-state index contributed by atoms with van der Waals surface area (Å²) in [5.74, 6) is -0.872. The summed E-state index contributed by atoms with van der Waals surface area (Å²) in [6, 6.07) is 14.4. The van der Waals surface area contributed by atoms with Crippen LogP contribution in [0.15, 0.2) is 59.0 Å².